The molecule has 7 heteroatoms. The molecule has 0 amide bonds. The average molecular weight is 376 g/mol. The molecule has 1 N–H and O–H groups in total. The minimum Gasteiger partial charge on any atom is -0.367 e. The van der Waals surface area contributed by atoms with Gasteiger partial charge in [0.2, 0.25) is 0 Å². The molecule has 2 aromatic heterocycles. The molecule has 3 heterocycles. The SMILES string of the molecule is Fc1cc(-n2cnc3ccc(Br)nc32)ccc1N1CCNCC1. The maximum Gasteiger partial charge on any atom is 0.165 e. The Kier molecular flexibility index (Phi) is 3.74. The fourth-order valence-electron chi connectivity index (χ4n) is 2.87. The predicted octanol–water partition coefficient (Wildman–Crippen LogP) is 2.73. The Morgan fingerprint density at radius 3 is 2.74 bits per heavy atom. The van der Waals surface area contributed by atoms with Gasteiger partial charge in [-0.3, -0.25) is 4.57 Å². The summed E-state index contributed by atoms with van der Waals surface area (Å²) in [7, 11) is 0. The first kappa shape index (κ1) is 14.6. The molecule has 5 nitrogen and oxygen atoms in total. The lowest BCUT2D eigenvalue weighted by molar-refractivity contribution is 0.566. The van der Waals surface area contributed by atoms with Gasteiger partial charge in [-0.15, -0.1) is 0 Å². The quantitative estimate of drug-likeness (QED) is 0.699. The first-order valence-electron chi connectivity index (χ1n) is 7.47. The van der Waals surface area contributed by atoms with Crippen molar-refractivity contribution in [3.05, 3.63) is 47.1 Å². The van der Waals surface area contributed by atoms with Gasteiger partial charge >= 0.3 is 0 Å². The van der Waals surface area contributed by atoms with Gasteiger partial charge in [0.05, 0.1) is 11.4 Å². The number of imidazole rings is 1. The van der Waals surface area contributed by atoms with Crippen molar-refractivity contribution in [3.8, 4) is 5.69 Å². The molecule has 0 bridgehead atoms. The summed E-state index contributed by atoms with van der Waals surface area (Å²) in [5.41, 5.74) is 2.84. The van der Waals surface area contributed by atoms with E-state index >= 15 is 0 Å². The molecule has 4 rings (SSSR count). The van der Waals surface area contributed by atoms with E-state index in [0.717, 1.165) is 42.0 Å². The van der Waals surface area contributed by atoms with Gasteiger partial charge in [-0.1, -0.05) is 0 Å². The minimum absolute atomic E-state index is 0.221. The van der Waals surface area contributed by atoms with E-state index in [2.05, 4.69) is 36.1 Å². The van der Waals surface area contributed by atoms with Crippen LogP contribution in [0.25, 0.3) is 16.9 Å². The molecule has 1 saturated heterocycles. The third-order valence-electron chi connectivity index (χ3n) is 4.03. The van der Waals surface area contributed by atoms with Crippen LogP contribution in [-0.4, -0.2) is 40.7 Å². The zero-order chi connectivity index (χ0) is 15.8. The number of hydrogen-bond donors (Lipinski definition) is 1. The number of aromatic nitrogens is 3. The molecular formula is C16H15BrFN5. The average Bonchev–Trinajstić information content (AvgIpc) is 2.98. The van der Waals surface area contributed by atoms with Crippen molar-refractivity contribution < 1.29 is 4.39 Å². The van der Waals surface area contributed by atoms with Gasteiger partial charge in [0, 0.05) is 32.2 Å². The van der Waals surface area contributed by atoms with Gasteiger partial charge in [0.15, 0.2) is 5.65 Å². The minimum atomic E-state index is -0.221. The number of nitrogens with zero attached hydrogens (tertiary/aromatic N) is 4. The molecule has 0 radical (unpaired) electrons. The molecule has 1 aliphatic rings. The molecule has 0 aliphatic carbocycles. The Bertz CT molecular complexity index is 857. The number of anilines is 1. The highest BCUT2D eigenvalue weighted by atomic mass is 79.9. The van der Waals surface area contributed by atoms with E-state index in [4.69, 9.17) is 0 Å². The van der Waals surface area contributed by atoms with E-state index in [1.807, 2.05) is 24.3 Å². The van der Waals surface area contributed by atoms with Crippen molar-refractivity contribution in [2.24, 2.45) is 0 Å². The first-order chi connectivity index (χ1) is 11.2. The van der Waals surface area contributed by atoms with Crippen molar-refractivity contribution in [1.82, 2.24) is 19.9 Å². The smallest absolute Gasteiger partial charge is 0.165 e. The summed E-state index contributed by atoms with van der Waals surface area (Å²) in [4.78, 5) is 10.8. The number of fused-ring (bicyclic) bond motifs is 1. The van der Waals surface area contributed by atoms with E-state index in [9.17, 15) is 4.39 Å². The van der Waals surface area contributed by atoms with Gasteiger partial charge in [0.25, 0.3) is 0 Å². The second-order valence-electron chi connectivity index (χ2n) is 5.46. The fourth-order valence-corrected chi connectivity index (χ4v) is 3.17. The Morgan fingerprint density at radius 2 is 1.96 bits per heavy atom. The topological polar surface area (TPSA) is 46.0 Å². The van der Waals surface area contributed by atoms with Gasteiger partial charge in [-0.05, 0) is 40.2 Å². The zero-order valence-corrected chi connectivity index (χ0v) is 13.9. The Morgan fingerprint density at radius 1 is 1.13 bits per heavy atom. The highest BCUT2D eigenvalue weighted by Gasteiger charge is 2.16. The van der Waals surface area contributed by atoms with Crippen LogP contribution in [0.3, 0.4) is 0 Å². The summed E-state index contributed by atoms with van der Waals surface area (Å²) in [6, 6.07) is 9.01. The van der Waals surface area contributed by atoms with Crippen LogP contribution in [0, 0.1) is 5.82 Å². The molecule has 3 aromatic rings. The third kappa shape index (κ3) is 2.70. The standard InChI is InChI=1S/C16H15BrFN5/c17-15-4-2-13-16(21-15)23(10-20-13)11-1-3-14(12(18)9-11)22-7-5-19-6-8-22/h1-4,9-10,19H,5-8H2. The summed E-state index contributed by atoms with van der Waals surface area (Å²) >= 11 is 3.36. The van der Waals surface area contributed by atoms with E-state index in [1.165, 1.54) is 0 Å². The number of rotatable bonds is 2. The van der Waals surface area contributed by atoms with Crippen LogP contribution in [-0.2, 0) is 0 Å². The van der Waals surface area contributed by atoms with E-state index in [-0.39, 0.29) is 5.82 Å². The molecule has 118 valence electrons. The predicted molar refractivity (Wildman–Crippen MR) is 91.6 cm³/mol. The van der Waals surface area contributed by atoms with Crippen LogP contribution in [0.5, 0.6) is 0 Å². The van der Waals surface area contributed by atoms with Crippen molar-refractivity contribution in [2.45, 2.75) is 0 Å². The molecule has 1 fully saturated rings. The van der Waals surface area contributed by atoms with Gasteiger partial charge in [-0.25, -0.2) is 14.4 Å². The second-order valence-corrected chi connectivity index (χ2v) is 6.28. The van der Waals surface area contributed by atoms with Crippen LogP contribution in [0.4, 0.5) is 10.1 Å². The van der Waals surface area contributed by atoms with Gasteiger partial charge in [0.1, 0.15) is 22.3 Å². The monoisotopic (exact) mass is 375 g/mol. The lowest BCUT2D eigenvalue weighted by atomic mass is 10.2. The molecular weight excluding hydrogens is 361 g/mol. The van der Waals surface area contributed by atoms with Gasteiger partial charge in [-0.2, -0.15) is 0 Å². The van der Waals surface area contributed by atoms with Crippen LogP contribution in [0.1, 0.15) is 0 Å². The molecule has 23 heavy (non-hydrogen) atoms. The first-order valence-corrected chi connectivity index (χ1v) is 8.27. The summed E-state index contributed by atoms with van der Waals surface area (Å²) in [6.45, 7) is 3.40. The molecule has 0 atom stereocenters. The summed E-state index contributed by atoms with van der Waals surface area (Å²) in [5, 5.41) is 3.27. The summed E-state index contributed by atoms with van der Waals surface area (Å²) in [6.07, 6.45) is 1.67. The molecule has 1 aliphatic heterocycles. The van der Waals surface area contributed by atoms with Crippen molar-refractivity contribution >= 4 is 32.8 Å². The summed E-state index contributed by atoms with van der Waals surface area (Å²) < 4.78 is 17.1. The highest BCUT2D eigenvalue weighted by molar-refractivity contribution is 9.10. The zero-order valence-electron chi connectivity index (χ0n) is 12.3. The summed E-state index contributed by atoms with van der Waals surface area (Å²) in [5.74, 6) is -0.221. The lowest BCUT2D eigenvalue weighted by Crippen LogP contribution is -2.43. The normalized spacial score (nSPS) is 15.3. The number of hydrogen-bond acceptors (Lipinski definition) is 4. The number of benzene rings is 1. The molecule has 1 aromatic carbocycles. The highest BCUT2D eigenvalue weighted by Crippen LogP contribution is 2.25. The fraction of sp³-hybridized carbons (Fsp3) is 0.250. The van der Waals surface area contributed by atoms with Gasteiger partial charge < -0.3 is 10.2 Å². The molecule has 0 unspecified atom stereocenters. The van der Waals surface area contributed by atoms with Crippen molar-refractivity contribution in [1.29, 1.82) is 0 Å². The Balaban J connectivity index is 1.74. The lowest BCUT2D eigenvalue weighted by Gasteiger charge is -2.29. The van der Waals surface area contributed by atoms with Crippen LogP contribution in [0.15, 0.2) is 41.3 Å². The molecule has 0 spiro atoms. The Labute approximate surface area is 141 Å². The number of pyridine rings is 1. The molecule has 0 saturated carbocycles. The van der Waals surface area contributed by atoms with Crippen LogP contribution >= 0.6 is 15.9 Å². The second kappa shape index (κ2) is 5.90. The Hall–Kier alpha value is -1.99. The number of halogens is 2. The van der Waals surface area contributed by atoms with Crippen molar-refractivity contribution in [2.75, 3.05) is 31.1 Å². The van der Waals surface area contributed by atoms with E-state index in [0.29, 0.717) is 11.3 Å². The number of nitrogens with one attached hydrogen (secondary N) is 1. The van der Waals surface area contributed by atoms with Crippen molar-refractivity contribution in [3.63, 3.8) is 0 Å². The third-order valence-corrected chi connectivity index (χ3v) is 4.47. The maximum atomic E-state index is 14.6. The maximum absolute atomic E-state index is 14.6. The van der Waals surface area contributed by atoms with Crippen LogP contribution in [0.2, 0.25) is 0 Å². The van der Waals surface area contributed by atoms with E-state index in [1.54, 1.807) is 17.0 Å². The number of piperazine rings is 1. The largest absolute Gasteiger partial charge is 0.367 e. The van der Waals surface area contributed by atoms with Crippen LogP contribution < -0.4 is 10.2 Å². The van der Waals surface area contributed by atoms with E-state index < -0.39 is 0 Å².